The van der Waals surface area contributed by atoms with Crippen LogP contribution in [0.3, 0.4) is 0 Å². The predicted octanol–water partition coefficient (Wildman–Crippen LogP) is 4.73. The minimum Gasteiger partial charge on any atom is -0.325 e. The normalized spacial score (nSPS) is 11.9. The van der Waals surface area contributed by atoms with Gasteiger partial charge in [-0.25, -0.2) is 4.39 Å². The molecule has 154 valence electrons. The quantitative estimate of drug-likeness (QED) is 0.556. The topological polar surface area (TPSA) is 83.6 Å². The first-order valence-corrected chi connectivity index (χ1v) is 10.4. The average molecular weight is 424 g/mol. The summed E-state index contributed by atoms with van der Waals surface area (Å²) in [6, 6.07) is 15.2. The minimum atomic E-state index is -0.473. The number of hydrogen-bond acceptors (Lipinski definition) is 5. The summed E-state index contributed by atoms with van der Waals surface area (Å²) >= 11 is 1.26. The van der Waals surface area contributed by atoms with E-state index >= 15 is 0 Å². The molecule has 1 amide bonds. The summed E-state index contributed by atoms with van der Waals surface area (Å²) in [5, 5.41) is 20.3. The Balaban J connectivity index is 1.82. The molecule has 3 aromatic rings. The number of carbonyl (C=O) groups is 1. The van der Waals surface area contributed by atoms with Crippen LogP contribution in [0.15, 0.2) is 53.7 Å². The number of hydrogen-bond donors (Lipinski definition) is 1. The number of anilines is 1. The lowest BCUT2D eigenvalue weighted by Crippen LogP contribution is -2.23. The molecule has 1 aromatic heterocycles. The van der Waals surface area contributed by atoms with E-state index in [1.54, 1.807) is 49.4 Å². The number of nitriles is 1. The zero-order valence-corrected chi connectivity index (χ0v) is 17.8. The lowest BCUT2D eigenvalue weighted by Gasteiger charge is -2.15. The molecule has 0 saturated heterocycles. The Morgan fingerprint density at radius 3 is 2.67 bits per heavy atom. The van der Waals surface area contributed by atoms with Gasteiger partial charge in [0.15, 0.2) is 11.0 Å². The molecule has 1 heterocycles. The maximum atomic E-state index is 14.3. The van der Waals surface area contributed by atoms with E-state index in [2.05, 4.69) is 29.4 Å². The van der Waals surface area contributed by atoms with Gasteiger partial charge in [-0.3, -0.25) is 4.79 Å². The third-order valence-electron chi connectivity index (χ3n) is 4.29. The Kier molecular flexibility index (Phi) is 6.85. The number of nitrogens with one attached hydrogen (secondary N) is 1. The number of rotatable bonds is 7. The SMILES string of the molecule is CC(C)Cn1c(SC(C)C(=O)Nc2cccc(C#N)c2)nnc1-c1ccccc1F. The number of thioether (sulfide) groups is 1. The molecule has 0 aliphatic heterocycles. The first kappa shape index (κ1) is 21.5. The number of benzene rings is 2. The van der Waals surface area contributed by atoms with Crippen molar-refractivity contribution in [1.82, 2.24) is 14.8 Å². The van der Waals surface area contributed by atoms with Gasteiger partial charge in [0.05, 0.1) is 22.4 Å². The molecule has 0 radical (unpaired) electrons. The van der Waals surface area contributed by atoms with Gasteiger partial charge in [-0.15, -0.1) is 10.2 Å². The molecule has 30 heavy (non-hydrogen) atoms. The van der Waals surface area contributed by atoms with E-state index < -0.39 is 5.25 Å². The maximum Gasteiger partial charge on any atom is 0.237 e. The van der Waals surface area contributed by atoms with Crippen molar-refractivity contribution >= 4 is 23.4 Å². The highest BCUT2D eigenvalue weighted by atomic mass is 32.2. The molecule has 0 spiro atoms. The van der Waals surface area contributed by atoms with Gasteiger partial charge < -0.3 is 9.88 Å². The molecule has 1 N–H and O–H groups in total. The first-order valence-electron chi connectivity index (χ1n) is 9.54. The van der Waals surface area contributed by atoms with Crippen LogP contribution in [0.2, 0.25) is 0 Å². The van der Waals surface area contributed by atoms with Gasteiger partial charge in [-0.2, -0.15) is 5.26 Å². The fraction of sp³-hybridized carbons (Fsp3) is 0.273. The Hall–Kier alpha value is -3.18. The second kappa shape index (κ2) is 9.55. The van der Waals surface area contributed by atoms with Gasteiger partial charge in [0.2, 0.25) is 5.91 Å². The molecule has 8 heteroatoms. The molecule has 0 saturated carbocycles. The molecule has 0 aliphatic carbocycles. The van der Waals surface area contributed by atoms with Crippen molar-refractivity contribution in [3.05, 3.63) is 59.9 Å². The smallest absolute Gasteiger partial charge is 0.237 e. The highest BCUT2D eigenvalue weighted by Gasteiger charge is 2.22. The number of carbonyl (C=O) groups excluding carboxylic acids is 1. The highest BCUT2D eigenvalue weighted by molar-refractivity contribution is 8.00. The van der Waals surface area contributed by atoms with Crippen LogP contribution in [-0.4, -0.2) is 25.9 Å². The highest BCUT2D eigenvalue weighted by Crippen LogP contribution is 2.29. The summed E-state index contributed by atoms with van der Waals surface area (Å²) in [6.07, 6.45) is 0. The zero-order valence-electron chi connectivity index (χ0n) is 17.0. The van der Waals surface area contributed by atoms with Crippen LogP contribution in [0.1, 0.15) is 26.3 Å². The van der Waals surface area contributed by atoms with Crippen molar-refractivity contribution < 1.29 is 9.18 Å². The summed E-state index contributed by atoms with van der Waals surface area (Å²) in [5.41, 5.74) is 1.41. The molecule has 1 unspecified atom stereocenters. The average Bonchev–Trinajstić information content (AvgIpc) is 3.09. The lowest BCUT2D eigenvalue weighted by atomic mass is 10.2. The Labute approximate surface area is 179 Å². The maximum absolute atomic E-state index is 14.3. The summed E-state index contributed by atoms with van der Waals surface area (Å²) < 4.78 is 16.2. The van der Waals surface area contributed by atoms with Crippen molar-refractivity contribution in [2.45, 2.75) is 37.7 Å². The van der Waals surface area contributed by atoms with Crippen molar-refractivity contribution in [3.63, 3.8) is 0 Å². The van der Waals surface area contributed by atoms with Crippen LogP contribution in [-0.2, 0) is 11.3 Å². The van der Waals surface area contributed by atoms with Gasteiger partial charge >= 0.3 is 0 Å². The fourth-order valence-corrected chi connectivity index (χ4v) is 3.73. The Morgan fingerprint density at radius 1 is 1.20 bits per heavy atom. The fourth-order valence-electron chi connectivity index (χ4n) is 2.87. The van der Waals surface area contributed by atoms with Crippen LogP contribution in [0.4, 0.5) is 10.1 Å². The summed E-state index contributed by atoms with van der Waals surface area (Å²) in [5.74, 6) is 0.138. The number of halogens is 1. The molecule has 2 aromatic carbocycles. The van der Waals surface area contributed by atoms with Crippen molar-refractivity contribution in [3.8, 4) is 17.5 Å². The Morgan fingerprint density at radius 2 is 1.97 bits per heavy atom. The standard InChI is InChI=1S/C22H22FN5OS/c1-14(2)13-28-20(18-9-4-5-10-19(18)23)26-27-22(28)30-15(3)21(29)25-17-8-6-7-16(11-17)12-24/h4-11,14-15H,13H2,1-3H3,(H,25,29). The second-order valence-electron chi connectivity index (χ2n) is 7.23. The predicted molar refractivity (Wildman–Crippen MR) is 115 cm³/mol. The van der Waals surface area contributed by atoms with E-state index in [1.807, 2.05) is 10.6 Å². The third-order valence-corrected chi connectivity index (χ3v) is 5.37. The zero-order chi connectivity index (χ0) is 21.7. The van der Waals surface area contributed by atoms with Gasteiger partial charge in [0.1, 0.15) is 5.82 Å². The summed E-state index contributed by atoms with van der Waals surface area (Å²) in [7, 11) is 0. The van der Waals surface area contributed by atoms with Crippen LogP contribution < -0.4 is 5.32 Å². The van der Waals surface area contributed by atoms with Crippen LogP contribution >= 0.6 is 11.8 Å². The summed E-state index contributed by atoms with van der Waals surface area (Å²) in [4.78, 5) is 12.6. The monoisotopic (exact) mass is 423 g/mol. The number of amides is 1. The van der Waals surface area contributed by atoms with Gasteiger partial charge in [-0.1, -0.05) is 43.8 Å². The van der Waals surface area contributed by atoms with Crippen molar-refractivity contribution in [2.75, 3.05) is 5.32 Å². The van der Waals surface area contributed by atoms with Crippen LogP contribution in [0, 0.1) is 23.1 Å². The third kappa shape index (κ3) is 5.05. The van der Waals surface area contributed by atoms with E-state index in [4.69, 9.17) is 5.26 Å². The minimum absolute atomic E-state index is 0.221. The van der Waals surface area contributed by atoms with E-state index in [9.17, 15) is 9.18 Å². The van der Waals surface area contributed by atoms with Crippen molar-refractivity contribution in [2.24, 2.45) is 5.92 Å². The van der Waals surface area contributed by atoms with Crippen molar-refractivity contribution in [1.29, 1.82) is 5.26 Å². The molecular formula is C22H22FN5OS. The molecule has 1 atom stereocenters. The molecular weight excluding hydrogens is 401 g/mol. The van der Waals surface area contributed by atoms with E-state index in [0.29, 0.717) is 34.3 Å². The van der Waals surface area contributed by atoms with E-state index in [-0.39, 0.29) is 17.6 Å². The largest absolute Gasteiger partial charge is 0.325 e. The number of nitrogens with zero attached hydrogens (tertiary/aromatic N) is 4. The van der Waals surface area contributed by atoms with Gasteiger partial charge in [0, 0.05) is 12.2 Å². The molecule has 0 bridgehead atoms. The summed E-state index contributed by atoms with van der Waals surface area (Å²) in [6.45, 7) is 6.47. The van der Waals surface area contributed by atoms with Gasteiger partial charge in [0.25, 0.3) is 0 Å². The molecule has 6 nitrogen and oxygen atoms in total. The number of aromatic nitrogens is 3. The van der Waals surface area contributed by atoms with Crippen LogP contribution in [0.25, 0.3) is 11.4 Å². The lowest BCUT2D eigenvalue weighted by molar-refractivity contribution is -0.115. The second-order valence-corrected chi connectivity index (χ2v) is 8.54. The van der Waals surface area contributed by atoms with E-state index in [0.717, 1.165) is 0 Å². The van der Waals surface area contributed by atoms with Crippen LogP contribution in [0.5, 0.6) is 0 Å². The molecule has 0 aliphatic rings. The molecule has 0 fully saturated rings. The van der Waals surface area contributed by atoms with Gasteiger partial charge in [-0.05, 0) is 43.2 Å². The Bertz CT molecular complexity index is 1090. The molecule has 3 rings (SSSR count). The van der Waals surface area contributed by atoms with E-state index in [1.165, 1.54) is 17.8 Å². The first-order chi connectivity index (χ1) is 14.4.